The van der Waals surface area contributed by atoms with E-state index in [0.29, 0.717) is 17.8 Å². The van der Waals surface area contributed by atoms with Crippen molar-refractivity contribution in [2.45, 2.75) is 6.42 Å². The SMILES string of the molecule is O=C1C=CCC(S)=C1c1ncccn1. The van der Waals surface area contributed by atoms with Crippen LogP contribution in [-0.4, -0.2) is 15.8 Å². The highest BCUT2D eigenvalue weighted by Gasteiger charge is 2.18. The molecule has 3 nitrogen and oxygen atoms in total. The maximum Gasteiger partial charge on any atom is 0.190 e. The van der Waals surface area contributed by atoms with E-state index in [1.807, 2.05) is 0 Å². The number of thiol groups is 1. The molecule has 0 unspecified atom stereocenters. The van der Waals surface area contributed by atoms with Crippen LogP contribution >= 0.6 is 12.6 Å². The van der Waals surface area contributed by atoms with Crippen LogP contribution in [0.2, 0.25) is 0 Å². The Morgan fingerprint density at radius 1 is 1.29 bits per heavy atom. The predicted octanol–water partition coefficient (Wildman–Crippen LogP) is 1.65. The summed E-state index contributed by atoms with van der Waals surface area (Å²) in [6.45, 7) is 0. The maximum absolute atomic E-state index is 11.5. The quantitative estimate of drug-likeness (QED) is 0.707. The Labute approximate surface area is 87.0 Å². The van der Waals surface area contributed by atoms with Crippen LogP contribution in [0.15, 0.2) is 35.5 Å². The lowest BCUT2D eigenvalue weighted by molar-refractivity contribution is -0.109. The van der Waals surface area contributed by atoms with E-state index in [1.165, 1.54) is 6.08 Å². The van der Waals surface area contributed by atoms with E-state index in [0.717, 1.165) is 4.91 Å². The highest BCUT2D eigenvalue weighted by molar-refractivity contribution is 7.84. The van der Waals surface area contributed by atoms with Gasteiger partial charge in [0.15, 0.2) is 11.6 Å². The van der Waals surface area contributed by atoms with E-state index >= 15 is 0 Å². The van der Waals surface area contributed by atoms with Crippen LogP contribution in [0, 0.1) is 0 Å². The highest BCUT2D eigenvalue weighted by atomic mass is 32.1. The van der Waals surface area contributed by atoms with Gasteiger partial charge in [-0.15, -0.1) is 12.6 Å². The van der Waals surface area contributed by atoms with Gasteiger partial charge in [0, 0.05) is 17.3 Å². The molecule has 0 aliphatic heterocycles. The van der Waals surface area contributed by atoms with Crippen LogP contribution in [0.4, 0.5) is 0 Å². The summed E-state index contributed by atoms with van der Waals surface area (Å²) in [5.41, 5.74) is 0.511. The third-order valence-electron chi connectivity index (χ3n) is 1.90. The first kappa shape index (κ1) is 9.15. The molecule has 0 aromatic carbocycles. The fourth-order valence-electron chi connectivity index (χ4n) is 1.27. The number of carbonyl (C=O) groups excluding carboxylic acids is 1. The lowest BCUT2D eigenvalue weighted by atomic mass is 10.0. The Hall–Kier alpha value is -1.42. The van der Waals surface area contributed by atoms with Crippen LogP contribution in [-0.2, 0) is 4.79 Å². The molecule has 4 heteroatoms. The molecule has 0 radical (unpaired) electrons. The van der Waals surface area contributed by atoms with Crippen molar-refractivity contribution < 1.29 is 4.79 Å². The third kappa shape index (κ3) is 1.61. The number of hydrogen-bond donors (Lipinski definition) is 1. The van der Waals surface area contributed by atoms with Crippen LogP contribution in [0.1, 0.15) is 12.2 Å². The summed E-state index contributed by atoms with van der Waals surface area (Å²) < 4.78 is 0. The lowest BCUT2D eigenvalue weighted by Gasteiger charge is -2.09. The Kier molecular flexibility index (Phi) is 2.45. The molecule has 0 bridgehead atoms. The summed E-state index contributed by atoms with van der Waals surface area (Å²) in [4.78, 5) is 20.3. The molecule has 1 aromatic heterocycles. The van der Waals surface area contributed by atoms with Crippen molar-refractivity contribution >= 4 is 24.0 Å². The van der Waals surface area contributed by atoms with Crippen LogP contribution < -0.4 is 0 Å². The first-order valence-electron chi connectivity index (χ1n) is 4.19. The van der Waals surface area contributed by atoms with Gasteiger partial charge in [0.25, 0.3) is 0 Å². The van der Waals surface area contributed by atoms with E-state index in [9.17, 15) is 4.79 Å². The molecular weight excluding hydrogens is 196 g/mol. The molecule has 1 aliphatic rings. The van der Waals surface area contributed by atoms with Crippen molar-refractivity contribution in [3.8, 4) is 0 Å². The minimum atomic E-state index is -0.0764. The average molecular weight is 204 g/mol. The van der Waals surface area contributed by atoms with Gasteiger partial charge < -0.3 is 0 Å². The number of rotatable bonds is 1. The average Bonchev–Trinajstić information content (AvgIpc) is 2.19. The fraction of sp³-hybridized carbons (Fsp3) is 0.100. The second-order valence-electron chi connectivity index (χ2n) is 2.86. The molecule has 2 rings (SSSR count). The summed E-state index contributed by atoms with van der Waals surface area (Å²) in [5.74, 6) is 0.374. The number of aromatic nitrogens is 2. The molecule has 1 aliphatic carbocycles. The van der Waals surface area contributed by atoms with Gasteiger partial charge in [0.2, 0.25) is 0 Å². The van der Waals surface area contributed by atoms with Crippen LogP contribution in [0.3, 0.4) is 0 Å². The van der Waals surface area contributed by atoms with Gasteiger partial charge in [-0.1, -0.05) is 6.08 Å². The van der Waals surface area contributed by atoms with Crippen LogP contribution in [0.25, 0.3) is 5.57 Å². The second kappa shape index (κ2) is 3.75. The van der Waals surface area contributed by atoms with E-state index in [1.54, 1.807) is 24.5 Å². The number of carbonyl (C=O) groups is 1. The van der Waals surface area contributed by atoms with Crippen molar-refractivity contribution in [3.05, 3.63) is 41.3 Å². The minimum absolute atomic E-state index is 0.0764. The van der Waals surface area contributed by atoms with E-state index in [4.69, 9.17) is 0 Å². The first-order valence-corrected chi connectivity index (χ1v) is 4.64. The normalized spacial score (nSPS) is 16.2. The minimum Gasteiger partial charge on any atom is -0.289 e. The van der Waals surface area contributed by atoms with Crippen molar-refractivity contribution in [1.82, 2.24) is 9.97 Å². The molecule has 14 heavy (non-hydrogen) atoms. The summed E-state index contributed by atoms with van der Waals surface area (Å²) in [6, 6.07) is 1.71. The zero-order chi connectivity index (χ0) is 9.97. The summed E-state index contributed by atoms with van der Waals surface area (Å²) in [5, 5.41) is 0. The fourth-order valence-corrected chi connectivity index (χ4v) is 1.59. The summed E-state index contributed by atoms with van der Waals surface area (Å²) in [7, 11) is 0. The molecule has 0 spiro atoms. The van der Waals surface area contributed by atoms with Crippen LogP contribution in [0.5, 0.6) is 0 Å². The van der Waals surface area contributed by atoms with Gasteiger partial charge >= 0.3 is 0 Å². The largest absolute Gasteiger partial charge is 0.289 e. The Morgan fingerprint density at radius 2 is 2.00 bits per heavy atom. The van der Waals surface area contributed by atoms with Crippen molar-refractivity contribution in [1.29, 1.82) is 0 Å². The van der Waals surface area contributed by atoms with Crippen molar-refractivity contribution in [2.24, 2.45) is 0 Å². The van der Waals surface area contributed by atoms with E-state index in [2.05, 4.69) is 22.6 Å². The molecule has 1 aromatic rings. The zero-order valence-electron chi connectivity index (χ0n) is 7.34. The second-order valence-corrected chi connectivity index (χ2v) is 3.40. The molecule has 0 atom stereocenters. The van der Waals surface area contributed by atoms with Crippen molar-refractivity contribution in [3.63, 3.8) is 0 Å². The van der Waals surface area contributed by atoms with Gasteiger partial charge in [-0.3, -0.25) is 4.79 Å². The van der Waals surface area contributed by atoms with Gasteiger partial charge in [-0.2, -0.15) is 0 Å². The first-order chi connectivity index (χ1) is 6.79. The smallest absolute Gasteiger partial charge is 0.190 e. The third-order valence-corrected chi connectivity index (χ3v) is 2.31. The molecule has 0 saturated heterocycles. The summed E-state index contributed by atoms with van der Waals surface area (Å²) >= 11 is 4.25. The number of allylic oxidation sites excluding steroid dienone is 4. The van der Waals surface area contributed by atoms with E-state index in [-0.39, 0.29) is 5.78 Å². The highest BCUT2D eigenvalue weighted by Crippen LogP contribution is 2.25. The molecule has 0 fully saturated rings. The molecule has 0 saturated carbocycles. The molecule has 70 valence electrons. The van der Waals surface area contributed by atoms with Gasteiger partial charge in [0.05, 0.1) is 5.57 Å². The van der Waals surface area contributed by atoms with Gasteiger partial charge in [0.1, 0.15) is 0 Å². The summed E-state index contributed by atoms with van der Waals surface area (Å²) in [6.07, 6.45) is 7.22. The molecule has 0 amide bonds. The number of hydrogen-bond acceptors (Lipinski definition) is 4. The molecular formula is C10H8N2OS. The van der Waals surface area contributed by atoms with Gasteiger partial charge in [-0.25, -0.2) is 9.97 Å². The predicted molar refractivity (Wildman–Crippen MR) is 56.7 cm³/mol. The topological polar surface area (TPSA) is 42.9 Å². The molecule has 1 heterocycles. The number of nitrogens with zero attached hydrogens (tertiary/aromatic N) is 2. The Morgan fingerprint density at radius 3 is 2.64 bits per heavy atom. The van der Waals surface area contributed by atoms with Gasteiger partial charge in [-0.05, 0) is 18.6 Å². The zero-order valence-corrected chi connectivity index (χ0v) is 8.24. The van der Waals surface area contributed by atoms with Crippen molar-refractivity contribution in [2.75, 3.05) is 0 Å². The standard InChI is InChI=1S/C10H8N2OS/c13-7-3-1-4-8(14)9(7)10-11-5-2-6-12-10/h1-3,5-6,14H,4H2. The lowest BCUT2D eigenvalue weighted by Crippen LogP contribution is -2.06. The maximum atomic E-state index is 11.5. The Balaban J connectivity index is 2.48. The molecule has 0 N–H and O–H groups in total. The number of ketones is 1. The Bertz CT molecular complexity index is 423. The monoisotopic (exact) mass is 204 g/mol. The van der Waals surface area contributed by atoms with E-state index < -0.39 is 0 Å².